The fraction of sp³-hybridized carbons (Fsp3) is 0.667. The van der Waals surface area contributed by atoms with Gasteiger partial charge in [0, 0.05) is 50.4 Å². The molecule has 2 amide bonds. The Kier molecular flexibility index (Phi) is 7.72. The van der Waals surface area contributed by atoms with E-state index in [2.05, 4.69) is 17.5 Å². The number of hydrogen-bond acceptors (Lipinski definition) is 4. The molecule has 134 valence electrons. The number of carbonyl (C=O) groups is 2. The molecule has 1 aliphatic rings. The lowest BCUT2D eigenvalue weighted by Gasteiger charge is -2.35. The highest BCUT2D eigenvalue weighted by Gasteiger charge is 2.23. The van der Waals surface area contributed by atoms with Crippen LogP contribution in [0.2, 0.25) is 0 Å². The first-order valence-corrected chi connectivity index (χ1v) is 9.67. The lowest BCUT2D eigenvalue weighted by atomic mass is 10.1. The molecule has 1 aliphatic heterocycles. The van der Waals surface area contributed by atoms with E-state index in [1.807, 2.05) is 28.8 Å². The summed E-state index contributed by atoms with van der Waals surface area (Å²) in [6, 6.07) is 4.23. The number of carbonyl (C=O) groups excluding carboxylic acids is 2. The SMILES string of the molecule is CN(C)CCC(=O)N1CCN(C(=O)CCCCc2cccs2)CC1. The Labute approximate surface area is 149 Å². The smallest absolute Gasteiger partial charge is 0.223 e. The van der Waals surface area contributed by atoms with Gasteiger partial charge in [-0.05, 0) is 44.8 Å². The normalized spacial score (nSPS) is 15.1. The molecule has 0 aromatic carbocycles. The summed E-state index contributed by atoms with van der Waals surface area (Å²) in [7, 11) is 3.95. The topological polar surface area (TPSA) is 43.9 Å². The van der Waals surface area contributed by atoms with Crippen molar-refractivity contribution < 1.29 is 9.59 Å². The highest BCUT2D eigenvalue weighted by molar-refractivity contribution is 7.09. The van der Waals surface area contributed by atoms with Crippen LogP contribution in [0.5, 0.6) is 0 Å². The summed E-state index contributed by atoms with van der Waals surface area (Å²) < 4.78 is 0. The number of rotatable bonds is 8. The van der Waals surface area contributed by atoms with Gasteiger partial charge in [0.2, 0.25) is 11.8 Å². The van der Waals surface area contributed by atoms with Crippen LogP contribution in [0.15, 0.2) is 17.5 Å². The van der Waals surface area contributed by atoms with Gasteiger partial charge in [0.25, 0.3) is 0 Å². The van der Waals surface area contributed by atoms with E-state index in [0.717, 1.165) is 25.8 Å². The van der Waals surface area contributed by atoms with E-state index in [1.54, 1.807) is 11.3 Å². The second-order valence-electron chi connectivity index (χ2n) is 6.60. The molecule has 0 unspecified atom stereocenters. The Morgan fingerprint density at radius 1 is 1.04 bits per heavy atom. The summed E-state index contributed by atoms with van der Waals surface area (Å²) in [5.41, 5.74) is 0. The molecule has 1 aromatic heterocycles. The summed E-state index contributed by atoms with van der Waals surface area (Å²) in [4.78, 5) is 31.6. The number of nitrogens with zero attached hydrogens (tertiary/aromatic N) is 3. The molecule has 0 spiro atoms. The van der Waals surface area contributed by atoms with Crippen molar-refractivity contribution in [2.45, 2.75) is 32.1 Å². The summed E-state index contributed by atoms with van der Waals surface area (Å²) in [6.07, 6.45) is 4.26. The predicted octanol–water partition coefficient (Wildman–Crippen LogP) is 2.08. The van der Waals surface area contributed by atoms with Gasteiger partial charge >= 0.3 is 0 Å². The van der Waals surface area contributed by atoms with Crippen molar-refractivity contribution in [3.63, 3.8) is 0 Å². The number of hydrogen-bond donors (Lipinski definition) is 0. The average molecular weight is 352 g/mol. The Bertz CT molecular complexity index is 508. The van der Waals surface area contributed by atoms with Gasteiger partial charge in [0.1, 0.15) is 0 Å². The van der Waals surface area contributed by atoms with Gasteiger partial charge in [-0.3, -0.25) is 9.59 Å². The van der Waals surface area contributed by atoms with Crippen LogP contribution in [0.1, 0.15) is 30.6 Å². The molecule has 2 rings (SSSR count). The van der Waals surface area contributed by atoms with Crippen molar-refractivity contribution in [3.8, 4) is 0 Å². The van der Waals surface area contributed by atoms with Gasteiger partial charge in [-0.15, -0.1) is 11.3 Å². The van der Waals surface area contributed by atoms with Crippen molar-refractivity contribution in [1.29, 1.82) is 0 Å². The van der Waals surface area contributed by atoms with E-state index in [-0.39, 0.29) is 11.8 Å². The quantitative estimate of drug-likeness (QED) is 0.674. The fourth-order valence-electron chi connectivity index (χ4n) is 2.87. The lowest BCUT2D eigenvalue weighted by Crippen LogP contribution is -2.50. The summed E-state index contributed by atoms with van der Waals surface area (Å²) >= 11 is 1.78. The van der Waals surface area contributed by atoms with E-state index in [1.165, 1.54) is 4.88 Å². The highest BCUT2D eigenvalue weighted by atomic mass is 32.1. The average Bonchev–Trinajstić information content (AvgIpc) is 3.10. The van der Waals surface area contributed by atoms with E-state index < -0.39 is 0 Å². The molecule has 0 N–H and O–H groups in total. The van der Waals surface area contributed by atoms with Gasteiger partial charge in [-0.1, -0.05) is 6.07 Å². The van der Waals surface area contributed by atoms with Gasteiger partial charge in [-0.25, -0.2) is 0 Å². The Morgan fingerprint density at radius 2 is 1.67 bits per heavy atom. The summed E-state index contributed by atoms with van der Waals surface area (Å²) in [5.74, 6) is 0.438. The number of aryl methyl sites for hydroxylation is 1. The van der Waals surface area contributed by atoms with Crippen molar-refractivity contribution in [3.05, 3.63) is 22.4 Å². The second kappa shape index (κ2) is 9.79. The third kappa shape index (κ3) is 6.24. The second-order valence-corrected chi connectivity index (χ2v) is 7.63. The lowest BCUT2D eigenvalue weighted by molar-refractivity contribution is -0.139. The van der Waals surface area contributed by atoms with Crippen LogP contribution < -0.4 is 0 Å². The summed E-state index contributed by atoms with van der Waals surface area (Å²) in [5, 5.41) is 2.10. The minimum atomic E-state index is 0.201. The maximum absolute atomic E-state index is 12.3. The van der Waals surface area contributed by atoms with E-state index in [4.69, 9.17) is 0 Å². The molecule has 0 aliphatic carbocycles. The molecule has 1 saturated heterocycles. The van der Waals surface area contributed by atoms with Crippen molar-refractivity contribution in [2.75, 3.05) is 46.8 Å². The van der Waals surface area contributed by atoms with Crippen molar-refractivity contribution >= 4 is 23.2 Å². The van der Waals surface area contributed by atoms with Crippen molar-refractivity contribution in [2.24, 2.45) is 0 Å². The molecule has 1 aromatic rings. The third-order valence-electron chi connectivity index (χ3n) is 4.40. The Morgan fingerprint density at radius 3 is 2.21 bits per heavy atom. The number of piperazine rings is 1. The van der Waals surface area contributed by atoms with Crippen LogP contribution in [0.25, 0.3) is 0 Å². The van der Waals surface area contributed by atoms with Gasteiger partial charge in [0.05, 0.1) is 0 Å². The van der Waals surface area contributed by atoms with Crippen molar-refractivity contribution in [1.82, 2.24) is 14.7 Å². The Hall–Kier alpha value is -1.40. The highest BCUT2D eigenvalue weighted by Crippen LogP contribution is 2.14. The fourth-order valence-corrected chi connectivity index (χ4v) is 3.62. The van der Waals surface area contributed by atoms with E-state index in [9.17, 15) is 9.59 Å². The standard InChI is InChI=1S/C18H29N3O2S/c1-19(2)10-9-18(23)21-13-11-20(12-14-21)17(22)8-4-3-6-16-7-5-15-24-16/h5,7,15H,3-4,6,8-14H2,1-2H3. The Balaban J connectivity index is 1.60. The first-order chi connectivity index (χ1) is 11.6. The zero-order valence-electron chi connectivity index (χ0n) is 14.9. The van der Waals surface area contributed by atoms with Crippen LogP contribution in [0.4, 0.5) is 0 Å². The molecular weight excluding hydrogens is 322 g/mol. The molecule has 6 heteroatoms. The molecule has 2 heterocycles. The van der Waals surface area contributed by atoms with E-state index >= 15 is 0 Å². The van der Waals surface area contributed by atoms with Gasteiger partial charge in [0.15, 0.2) is 0 Å². The zero-order valence-corrected chi connectivity index (χ0v) is 15.7. The third-order valence-corrected chi connectivity index (χ3v) is 5.34. The molecule has 0 radical (unpaired) electrons. The van der Waals surface area contributed by atoms with Gasteiger partial charge in [-0.2, -0.15) is 0 Å². The first-order valence-electron chi connectivity index (χ1n) is 8.79. The molecule has 24 heavy (non-hydrogen) atoms. The number of unbranched alkanes of at least 4 members (excludes halogenated alkanes) is 1. The van der Waals surface area contributed by atoms with E-state index in [0.29, 0.717) is 39.0 Å². The summed E-state index contributed by atoms with van der Waals surface area (Å²) in [6.45, 7) is 3.48. The maximum atomic E-state index is 12.3. The zero-order chi connectivity index (χ0) is 17.4. The monoisotopic (exact) mass is 351 g/mol. The number of thiophene rings is 1. The van der Waals surface area contributed by atoms with Crippen LogP contribution in [0.3, 0.4) is 0 Å². The molecule has 0 bridgehead atoms. The first kappa shape index (κ1) is 18.9. The predicted molar refractivity (Wildman–Crippen MR) is 98.2 cm³/mol. The van der Waals surface area contributed by atoms with Crippen LogP contribution in [-0.2, 0) is 16.0 Å². The molecule has 1 fully saturated rings. The molecular formula is C18H29N3O2S. The van der Waals surface area contributed by atoms with Crippen LogP contribution in [0, 0.1) is 0 Å². The van der Waals surface area contributed by atoms with Crippen LogP contribution >= 0.6 is 11.3 Å². The van der Waals surface area contributed by atoms with Gasteiger partial charge < -0.3 is 14.7 Å². The molecule has 5 nitrogen and oxygen atoms in total. The van der Waals surface area contributed by atoms with Crippen LogP contribution in [-0.4, -0.2) is 73.3 Å². The number of amides is 2. The minimum absolute atomic E-state index is 0.201. The molecule has 0 saturated carbocycles. The molecule has 0 atom stereocenters. The minimum Gasteiger partial charge on any atom is -0.339 e. The largest absolute Gasteiger partial charge is 0.339 e. The maximum Gasteiger partial charge on any atom is 0.223 e.